The third kappa shape index (κ3) is 4.38. The van der Waals surface area contributed by atoms with Crippen LogP contribution in [0.2, 0.25) is 0 Å². The van der Waals surface area contributed by atoms with Gasteiger partial charge in [0.1, 0.15) is 23.4 Å². The molecule has 30 heavy (non-hydrogen) atoms. The molecule has 0 unspecified atom stereocenters. The van der Waals surface area contributed by atoms with Crippen LogP contribution in [0.15, 0.2) is 63.4 Å². The molecule has 2 heterocycles. The van der Waals surface area contributed by atoms with Gasteiger partial charge in [-0.2, -0.15) is 5.10 Å². The number of aliphatic imine (C=N–C) groups is 1. The lowest BCUT2D eigenvalue weighted by Crippen LogP contribution is -2.21. The first-order valence-electron chi connectivity index (χ1n) is 9.62. The number of benzene rings is 2. The maximum absolute atomic E-state index is 13.5. The molecule has 1 aliphatic heterocycles. The topological polar surface area (TPSA) is 96.1 Å². The van der Waals surface area contributed by atoms with Gasteiger partial charge < -0.3 is 20.5 Å². The summed E-state index contributed by atoms with van der Waals surface area (Å²) in [5.74, 6) is 5.88. The second-order valence-corrected chi connectivity index (χ2v) is 7.30. The number of rotatable bonds is 5. The molecule has 1 fully saturated rings. The van der Waals surface area contributed by atoms with Crippen LogP contribution < -0.4 is 16.1 Å². The van der Waals surface area contributed by atoms with E-state index in [0.717, 1.165) is 25.3 Å². The predicted molar refractivity (Wildman–Crippen MR) is 116 cm³/mol. The van der Waals surface area contributed by atoms with Crippen molar-refractivity contribution in [3.05, 3.63) is 70.3 Å². The second-order valence-electron chi connectivity index (χ2n) is 7.30. The van der Waals surface area contributed by atoms with Gasteiger partial charge in [-0.15, -0.1) is 0 Å². The summed E-state index contributed by atoms with van der Waals surface area (Å²) in [7, 11) is 2.08. The average Bonchev–Trinajstić information content (AvgIpc) is 3.14. The number of aromatic amines is 1. The Labute approximate surface area is 172 Å². The van der Waals surface area contributed by atoms with Crippen molar-refractivity contribution in [2.24, 2.45) is 15.9 Å². The zero-order chi connectivity index (χ0) is 21.1. The van der Waals surface area contributed by atoms with E-state index < -0.39 is 5.82 Å². The highest BCUT2D eigenvalue weighted by molar-refractivity contribution is 6.38. The van der Waals surface area contributed by atoms with Crippen molar-refractivity contribution in [2.45, 2.75) is 12.5 Å². The van der Waals surface area contributed by atoms with Gasteiger partial charge in [0.15, 0.2) is 0 Å². The third-order valence-corrected chi connectivity index (χ3v) is 5.04. The third-order valence-electron chi connectivity index (χ3n) is 5.04. The summed E-state index contributed by atoms with van der Waals surface area (Å²) in [6.45, 7) is 1.95. The monoisotopic (exact) mass is 407 g/mol. The molecular weight excluding hydrogens is 385 g/mol. The molecule has 0 radical (unpaired) electrons. The molecule has 8 heteroatoms. The standard InChI is InChI=1S/C22H22FN5O2/c1-28-9-8-18(13-28)30-17-5-3-16(4-6-17)25-12-21(27-24)19-11-14-10-15(23)2-7-20(14)26-22(19)29/h2-7,10-12,18H,8-9,13,24H2,1H3,(H,26,29)/t18-/m0/s1. The number of likely N-dealkylation sites (tertiary alicyclic amines) is 1. The van der Waals surface area contributed by atoms with E-state index >= 15 is 0 Å². The molecule has 0 amide bonds. The summed E-state index contributed by atoms with van der Waals surface area (Å²) in [5, 5.41) is 4.22. The number of nitrogens with zero attached hydrogens (tertiary/aromatic N) is 3. The Morgan fingerprint density at radius 2 is 2.07 bits per heavy atom. The molecule has 7 nitrogen and oxygen atoms in total. The first kappa shape index (κ1) is 19.8. The van der Waals surface area contributed by atoms with Gasteiger partial charge in [0.25, 0.3) is 5.56 Å². The molecule has 0 bridgehead atoms. The van der Waals surface area contributed by atoms with Crippen LogP contribution in [0, 0.1) is 5.82 Å². The number of pyridine rings is 1. The number of hydrazone groups is 1. The van der Waals surface area contributed by atoms with Crippen molar-refractivity contribution < 1.29 is 9.13 Å². The number of nitrogens with two attached hydrogens (primary N) is 1. The highest BCUT2D eigenvalue weighted by Gasteiger charge is 2.20. The Morgan fingerprint density at radius 3 is 2.77 bits per heavy atom. The van der Waals surface area contributed by atoms with E-state index in [4.69, 9.17) is 10.6 Å². The Hall–Kier alpha value is -3.52. The fourth-order valence-corrected chi connectivity index (χ4v) is 3.47. The summed E-state index contributed by atoms with van der Waals surface area (Å²) in [5.41, 5.74) is 1.22. The van der Waals surface area contributed by atoms with Crippen LogP contribution in [0.1, 0.15) is 12.0 Å². The van der Waals surface area contributed by atoms with Crippen molar-refractivity contribution in [3.63, 3.8) is 0 Å². The molecule has 3 N–H and O–H groups in total. The largest absolute Gasteiger partial charge is 0.489 e. The SMILES string of the molecule is CN1CC[C@H](Oc2ccc(N=CC(=NN)c3cc4cc(F)ccc4[nH]c3=O)cc2)C1. The van der Waals surface area contributed by atoms with Crippen LogP contribution in [0.5, 0.6) is 5.75 Å². The number of nitrogens with one attached hydrogen (secondary N) is 1. The Bertz CT molecular complexity index is 1170. The Kier molecular flexibility index (Phi) is 5.58. The van der Waals surface area contributed by atoms with Crippen LogP contribution in [-0.4, -0.2) is 48.1 Å². The molecule has 1 saturated heterocycles. The summed E-state index contributed by atoms with van der Waals surface area (Å²) >= 11 is 0. The minimum atomic E-state index is -0.396. The number of halogens is 1. The van der Waals surface area contributed by atoms with Gasteiger partial charge in [-0.3, -0.25) is 9.79 Å². The zero-order valence-corrected chi connectivity index (χ0v) is 16.5. The molecule has 0 aliphatic carbocycles. The van der Waals surface area contributed by atoms with E-state index in [2.05, 4.69) is 27.0 Å². The number of hydrogen-bond acceptors (Lipinski definition) is 6. The lowest BCUT2D eigenvalue weighted by Gasteiger charge is -2.13. The number of likely N-dealkylation sites (N-methyl/N-ethyl adjacent to an activating group) is 1. The zero-order valence-electron chi connectivity index (χ0n) is 16.5. The number of fused-ring (bicyclic) bond motifs is 1. The minimum Gasteiger partial charge on any atom is -0.489 e. The van der Waals surface area contributed by atoms with Crippen molar-refractivity contribution in [3.8, 4) is 5.75 Å². The van der Waals surface area contributed by atoms with E-state index in [-0.39, 0.29) is 22.9 Å². The van der Waals surface area contributed by atoms with Crippen molar-refractivity contribution >= 4 is 28.5 Å². The van der Waals surface area contributed by atoms with E-state index in [1.165, 1.54) is 24.4 Å². The van der Waals surface area contributed by atoms with Crippen LogP contribution in [0.25, 0.3) is 10.9 Å². The highest BCUT2D eigenvalue weighted by atomic mass is 19.1. The first-order valence-corrected chi connectivity index (χ1v) is 9.62. The molecule has 0 spiro atoms. The number of hydrogen-bond donors (Lipinski definition) is 2. The van der Waals surface area contributed by atoms with Gasteiger partial charge in [-0.05, 0) is 62.0 Å². The van der Waals surface area contributed by atoms with Crippen molar-refractivity contribution in [1.82, 2.24) is 9.88 Å². The Balaban J connectivity index is 1.52. The van der Waals surface area contributed by atoms with Crippen LogP contribution in [0.4, 0.5) is 10.1 Å². The van der Waals surface area contributed by atoms with Crippen molar-refractivity contribution in [2.75, 3.05) is 20.1 Å². The molecule has 1 aromatic heterocycles. The second kappa shape index (κ2) is 8.46. The predicted octanol–water partition coefficient (Wildman–Crippen LogP) is 2.82. The molecule has 0 saturated carbocycles. The maximum Gasteiger partial charge on any atom is 0.258 e. The molecule has 1 atom stereocenters. The van der Waals surface area contributed by atoms with Crippen LogP contribution in [0.3, 0.4) is 0 Å². The van der Waals surface area contributed by atoms with Gasteiger partial charge in [0.05, 0.1) is 17.5 Å². The molecule has 154 valence electrons. The first-order chi connectivity index (χ1) is 14.5. The molecule has 1 aliphatic rings. The summed E-state index contributed by atoms with van der Waals surface area (Å²) in [6.07, 6.45) is 2.62. The fourth-order valence-electron chi connectivity index (χ4n) is 3.47. The van der Waals surface area contributed by atoms with Crippen molar-refractivity contribution in [1.29, 1.82) is 0 Å². The maximum atomic E-state index is 13.5. The van der Waals surface area contributed by atoms with Crippen LogP contribution in [-0.2, 0) is 0 Å². The summed E-state index contributed by atoms with van der Waals surface area (Å²) in [6, 6.07) is 13.0. The quantitative estimate of drug-likeness (QED) is 0.386. The summed E-state index contributed by atoms with van der Waals surface area (Å²) < 4.78 is 19.5. The Morgan fingerprint density at radius 1 is 1.27 bits per heavy atom. The van der Waals surface area contributed by atoms with E-state index in [0.29, 0.717) is 16.6 Å². The van der Waals surface area contributed by atoms with Gasteiger partial charge in [-0.1, -0.05) is 0 Å². The fraction of sp³-hybridized carbons (Fsp3) is 0.227. The van der Waals surface area contributed by atoms with Gasteiger partial charge in [0.2, 0.25) is 0 Å². The van der Waals surface area contributed by atoms with E-state index in [9.17, 15) is 9.18 Å². The smallest absolute Gasteiger partial charge is 0.258 e. The molecule has 4 rings (SSSR count). The number of H-pyrrole nitrogens is 1. The molecular formula is C22H22FN5O2. The van der Waals surface area contributed by atoms with Gasteiger partial charge in [-0.25, -0.2) is 4.39 Å². The lowest BCUT2D eigenvalue weighted by molar-refractivity contribution is 0.208. The number of aromatic nitrogens is 1. The lowest BCUT2D eigenvalue weighted by atomic mass is 10.1. The summed E-state index contributed by atoms with van der Waals surface area (Å²) in [4.78, 5) is 21.7. The van der Waals surface area contributed by atoms with Gasteiger partial charge >= 0.3 is 0 Å². The minimum absolute atomic E-state index is 0.191. The van der Waals surface area contributed by atoms with E-state index in [1.54, 1.807) is 6.07 Å². The number of ether oxygens (including phenoxy) is 1. The molecule has 2 aromatic carbocycles. The van der Waals surface area contributed by atoms with Crippen LogP contribution >= 0.6 is 0 Å². The van der Waals surface area contributed by atoms with E-state index in [1.807, 2.05) is 24.3 Å². The molecule has 3 aromatic rings. The highest BCUT2D eigenvalue weighted by Crippen LogP contribution is 2.21. The van der Waals surface area contributed by atoms with Gasteiger partial charge in [0, 0.05) is 24.0 Å². The normalized spacial score (nSPS) is 17.8. The average molecular weight is 407 g/mol.